The predicted molar refractivity (Wildman–Crippen MR) is 82.7 cm³/mol. The molecule has 0 aromatic carbocycles. The summed E-state index contributed by atoms with van der Waals surface area (Å²) in [5, 5.41) is 13.5. The molecule has 0 aromatic rings. The molecule has 2 saturated carbocycles. The maximum absolute atomic E-state index is 11.3. The van der Waals surface area contributed by atoms with E-state index in [2.05, 4.69) is 18.9 Å². The molecule has 1 atom stereocenters. The second kappa shape index (κ2) is 4.69. The average Bonchev–Trinajstić information content (AvgIpc) is 2.78. The van der Waals surface area contributed by atoms with Gasteiger partial charge in [-0.2, -0.15) is 5.06 Å². The van der Waals surface area contributed by atoms with Crippen molar-refractivity contribution in [2.24, 2.45) is 11.3 Å². The number of aliphatic hydroxyl groups is 1. The second-order valence-corrected chi connectivity index (χ2v) is 8.38. The first-order valence-electron chi connectivity index (χ1n) is 9.23. The van der Waals surface area contributed by atoms with Crippen molar-refractivity contribution in [3.8, 4) is 0 Å². The first-order valence-corrected chi connectivity index (χ1v) is 9.23. The van der Waals surface area contributed by atoms with Crippen molar-refractivity contribution in [1.29, 1.82) is 0 Å². The number of hydrogen-bond donors (Lipinski definition) is 1. The quantitative estimate of drug-likeness (QED) is 0.843. The van der Waals surface area contributed by atoms with Crippen LogP contribution >= 0.6 is 0 Å². The summed E-state index contributed by atoms with van der Waals surface area (Å²) in [6.45, 7) is 5.55. The Balaban J connectivity index is 1.59. The molecule has 0 radical (unpaired) electrons. The van der Waals surface area contributed by atoms with Crippen LogP contribution in [0.5, 0.6) is 0 Å². The monoisotopic (exact) mass is 293 g/mol. The van der Waals surface area contributed by atoms with E-state index >= 15 is 0 Å². The van der Waals surface area contributed by atoms with Crippen LogP contribution in [0.1, 0.15) is 78.1 Å². The van der Waals surface area contributed by atoms with Crippen LogP contribution in [0.2, 0.25) is 0 Å². The lowest BCUT2D eigenvalue weighted by molar-refractivity contribution is -0.351. The zero-order chi connectivity index (χ0) is 14.7. The minimum absolute atomic E-state index is 0.0457. The molecule has 3 saturated heterocycles. The van der Waals surface area contributed by atoms with Crippen LogP contribution in [0, 0.1) is 11.3 Å². The van der Waals surface area contributed by atoms with Gasteiger partial charge in [-0.25, -0.2) is 0 Å². The predicted octanol–water partition coefficient (Wildman–Crippen LogP) is 3.66. The Morgan fingerprint density at radius 2 is 1.71 bits per heavy atom. The van der Waals surface area contributed by atoms with E-state index in [9.17, 15) is 5.11 Å². The fourth-order valence-electron chi connectivity index (χ4n) is 5.86. The Bertz CT molecular complexity index is 405. The zero-order valence-corrected chi connectivity index (χ0v) is 13.7. The van der Waals surface area contributed by atoms with Crippen LogP contribution in [-0.4, -0.2) is 34.0 Å². The Labute approximate surface area is 129 Å². The smallest absolute Gasteiger partial charge is 0.0898 e. The van der Waals surface area contributed by atoms with Crippen molar-refractivity contribution in [2.45, 2.75) is 95.3 Å². The highest BCUT2D eigenvalue weighted by Gasteiger charge is 2.67. The standard InChI is InChI=1S/C18H31NO2/c1-3-14-5-7-16(8-6-14)13-19-18(15(16)20)11-9-17(4-2,21-19)10-12-18/h14-15,20H,3-13H2,1-2H3. The van der Waals surface area contributed by atoms with Crippen molar-refractivity contribution in [1.82, 2.24) is 5.06 Å². The highest BCUT2D eigenvalue weighted by atomic mass is 16.7. The largest absolute Gasteiger partial charge is 0.390 e. The Morgan fingerprint density at radius 1 is 1.05 bits per heavy atom. The molecular formula is C18H31NO2. The molecule has 5 rings (SSSR count). The first kappa shape index (κ1) is 14.5. The third-order valence-electron chi connectivity index (χ3n) is 7.70. The zero-order valence-electron chi connectivity index (χ0n) is 13.7. The van der Waals surface area contributed by atoms with Crippen molar-refractivity contribution >= 4 is 0 Å². The van der Waals surface area contributed by atoms with Gasteiger partial charge in [0.1, 0.15) is 0 Å². The SMILES string of the molecule is CCC1CCC2(CC1)CN1OC3(CC)CCC1(CC3)C2O. The summed E-state index contributed by atoms with van der Waals surface area (Å²) in [5.74, 6) is 0.886. The summed E-state index contributed by atoms with van der Waals surface area (Å²) in [4.78, 5) is 6.46. The Kier molecular flexibility index (Phi) is 3.23. The summed E-state index contributed by atoms with van der Waals surface area (Å²) < 4.78 is 0. The maximum atomic E-state index is 11.3. The van der Waals surface area contributed by atoms with E-state index in [4.69, 9.17) is 4.84 Å². The molecule has 5 fully saturated rings. The van der Waals surface area contributed by atoms with Crippen LogP contribution in [0.15, 0.2) is 0 Å². The summed E-state index contributed by atoms with van der Waals surface area (Å²) in [7, 11) is 0. The van der Waals surface area contributed by atoms with E-state index in [1.165, 1.54) is 32.1 Å². The third-order valence-corrected chi connectivity index (χ3v) is 7.70. The molecule has 0 aromatic heterocycles. The molecule has 1 N–H and O–H groups in total. The summed E-state index contributed by atoms with van der Waals surface area (Å²) in [5.41, 5.74) is 0.170. The molecule has 3 heterocycles. The lowest BCUT2D eigenvalue weighted by Gasteiger charge is -2.57. The molecule has 1 unspecified atom stereocenters. The first-order chi connectivity index (χ1) is 10.1. The Hall–Kier alpha value is -0.120. The van der Waals surface area contributed by atoms with Gasteiger partial charge in [-0.3, -0.25) is 4.84 Å². The van der Waals surface area contributed by atoms with Crippen LogP contribution in [0.3, 0.4) is 0 Å². The van der Waals surface area contributed by atoms with Crippen LogP contribution < -0.4 is 0 Å². The second-order valence-electron chi connectivity index (χ2n) is 8.38. The number of rotatable bonds is 2. The van der Waals surface area contributed by atoms with Crippen molar-refractivity contribution in [2.75, 3.05) is 6.54 Å². The van der Waals surface area contributed by atoms with Crippen LogP contribution in [-0.2, 0) is 4.84 Å². The maximum Gasteiger partial charge on any atom is 0.0898 e. The molecule has 3 nitrogen and oxygen atoms in total. The number of nitrogens with zero attached hydrogens (tertiary/aromatic N) is 1. The summed E-state index contributed by atoms with van der Waals surface area (Å²) in [6.07, 6.45) is 11.8. The minimum atomic E-state index is -0.169. The Morgan fingerprint density at radius 3 is 2.29 bits per heavy atom. The molecule has 2 aliphatic carbocycles. The minimum Gasteiger partial charge on any atom is -0.390 e. The van der Waals surface area contributed by atoms with Gasteiger partial charge in [0.2, 0.25) is 0 Å². The number of hydroxylamine groups is 2. The summed E-state index contributed by atoms with van der Waals surface area (Å²) in [6, 6.07) is 0. The van der Waals surface area contributed by atoms with Gasteiger partial charge in [0.25, 0.3) is 0 Å². The lowest BCUT2D eigenvalue weighted by atomic mass is 9.61. The molecule has 3 heteroatoms. The van der Waals surface area contributed by atoms with E-state index in [1.807, 2.05) is 0 Å². The molecule has 5 aliphatic rings. The molecular weight excluding hydrogens is 262 g/mol. The number of aliphatic hydroxyl groups excluding tert-OH is 1. The van der Waals surface area contributed by atoms with Gasteiger partial charge in [0, 0.05) is 12.0 Å². The van der Waals surface area contributed by atoms with Gasteiger partial charge < -0.3 is 5.11 Å². The van der Waals surface area contributed by atoms with E-state index < -0.39 is 0 Å². The molecule has 120 valence electrons. The third kappa shape index (κ3) is 1.83. The summed E-state index contributed by atoms with van der Waals surface area (Å²) >= 11 is 0. The lowest BCUT2D eigenvalue weighted by Crippen LogP contribution is -2.64. The van der Waals surface area contributed by atoms with Gasteiger partial charge in [-0.15, -0.1) is 0 Å². The molecule has 3 aliphatic heterocycles. The molecule has 2 bridgehead atoms. The highest BCUT2D eigenvalue weighted by molar-refractivity contribution is 5.16. The van der Waals surface area contributed by atoms with E-state index in [0.29, 0.717) is 0 Å². The van der Waals surface area contributed by atoms with Gasteiger partial charge in [0.05, 0.1) is 17.2 Å². The normalized spacial score (nSPS) is 53.3. The van der Waals surface area contributed by atoms with Gasteiger partial charge in [0.15, 0.2) is 0 Å². The van der Waals surface area contributed by atoms with Crippen molar-refractivity contribution < 1.29 is 9.94 Å². The fourth-order valence-corrected chi connectivity index (χ4v) is 5.86. The fraction of sp³-hybridized carbons (Fsp3) is 1.00. The van der Waals surface area contributed by atoms with Gasteiger partial charge >= 0.3 is 0 Å². The number of hydrogen-bond acceptors (Lipinski definition) is 3. The van der Waals surface area contributed by atoms with Crippen molar-refractivity contribution in [3.63, 3.8) is 0 Å². The van der Waals surface area contributed by atoms with E-state index in [1.54, 1.807) is 0 Å². The molecule has 21 heavy (non-hydrogen) atoms. The van der Waals surface area contributed by atoms with Crippen molar-refractivity contribution in [3.05, 3.63) is 0 Å². The van der Waals surface area contributed by atoms with E-state index in [-0.39, 0.29) is 22.7 Å². The van der Waals surface area contributed by atoms with Crippen LogP contribution in [0.4, 0.5) is 0 Å². The van der Waals surface area contributed by atoms with E-state index in [0.717, 1.165) is 44.6 Å². The average molecular weight is 293 g/mol. The molecule has 2 spiro atoms. The van der Waals surface area contributed by atoms with Gasteiger partial charge in [-0.1, -0.05) is 20.3 Å². The number of fused-ring (bicyclic) bond motifs is 2. The topological polar surface area (TPSA) is 32.7 Å². The highest BCUT2D eigenvalue weighted by Crippen LogP contribution is 2.61. The van der Waals surface area contributed by atoms with Gasteiger partial charge in [-0.05, 0) is 63.7 Å². The molecule has 0 amide bonds. The van der Waals surface area contributed by atoms with Crippen LogP contribution in [0.25, 0.3) is 0 Å².